The lowest BCUT2D eigenvalue weighted by Gasteiger charge is -2.39. The number of aliphatic hydroxyl groups is 1. The molecule has 212 valence electrons. The van der Waals surface area contributed by atoms with Crippen LogP contribution < -0.4 is 11.1 Å². The number of aliphatic hydroxyl groups excluding tert-OH is 1. The van der Waals surface area contributed by atoms with Gasteiger partial charge >= 0.3 is 0 Å². The Balaban J connectivity index is 1.88. The van der Waals surface area contributed by atoms with Gasteiger partial charge in [-0.3, -0.25) is 4.79 Å². The first-order valence-electron chi connectivity index (χ1n) is 14.2. The summed E-state index contributed by atoms with van der Waals surface area (Å²) in [5, 5.41) is 14.4. The van der Waals surface area contributed by atoms with Gasteiger partial charge in [-0.05, 0) is 74.4 Å². The Morgan fingerprint density at radius 3 is 2.53 bits per heavy atom. The number of nitrogens with two attached hydrogens (primary N) is 1. The molecular weight excluding hydrogens is 517 g/mol. The minimum atomic E-state index is -0.915. The second kappa shape index (κ2) is 13.9. The van der Waals surface area contributed by atoms with E-state index in [-0.39, 0.29) is 29.8 Å². The molecule has 0 bridgehead atoms. The fraction of sp³-hybridized carbons (Fsp3) is 0.645. The molecule has 3 rings (SSSR count). The van der Waals surface area contributed by atoms with Crippen molar-refractivity contribution in [3.05, 3.63) is 57.6 Å². The number of nitrogens with one attached hydrogen (secondary N) is 1. The first-order valence-corrected chi connectivity index (χ1v) is 15.0. The molecule has 0 radical (unpaired) electrons. The van der Waals surface area contributed by atoms with E-state index in [1.807, 2.05) is 30.3 Å². The lowest BCUT2D eigenvalue weighted by Crippen LogP contribution is -2.55. The minimum Gasteiger partial charge on any atom is -0.395 e. The molecule has 1 unspecified atom stereocenters. The highest BCUT2D eigenvalue weighted by Crippen LogP contribution is 2.48. The predicted octanol–water partition coefficient (Wildman–Crippen LogP) is 6.17. The molecule has 1 aromatic carbocycles. The first kappa shape index (κ1) is 31.3. The molecule has 0 amide bonds. The maximum absolute atomic E-state index is 13.9. The van der Waals surface area contributed by atoms with Gasteiger partial charge in [-0.1, -0.05) is 81.1 Å². The highest BCUT2D eigenvalue weighted by molar-refractivity contribution is 6.30. The maximum atomic E-state index is 13.9. The SMILES string of the molecule is CCN(CCO)CCCCCC(=O)[C@@H]1N[C@@H](CC(C)(C)C)C(C2=CC=C(Cl)CC2)[C@]1(N)c1cccc(Cl)c1. The number of benzene rings is 1. The standard InChI is InChI=1S/C31H47Cl2N3O2/c1-5-36(18-19-37)17-8-6-7-12-27(38)29-31(34,23-10-9-11-25(33)20-23)28(22-13-15-24(32)16-14-22)26(35-29)21-30(2,3)4/h9-11,13,15,20,26,28-29,35,37H,5-8,12,14,16-19,21,34H2,1-4H3/t26-,28?,29-,31+/m0/s1. The number of likely N-dealkylation sites (N-methyl/N-ethyl adjacent to an activating group) is 1. The van der Waals surface area contributed by atoms with Gasteiger partial charge in [-0.25, -0.2) is 0 Å². The van der Waals surface area contributed by atoms with E-state index in [1.165, 1.54) is 5.57 Å². The number of halogens is 2. The number of carbonyl (C=O) groups is 1. The molecule has 2 aliphatic rings. The molecule has 1 fully saturated rings. The molecule has 38 heavy (non-hydrogen) atoms. The molecule has 0 aromatic heterocycles. The second-order valence-corrected chi connectivity index (χ2v) is 13.1. The third-order valence-corrected chi connectivity index (χ3v) is 8.60. The van der Waals surface area contributed by atoms with Crippen molar-refractivity contribution in [2.45, 2.75) is 90.3 Å². The van der Waals surface area contributed by atoms with Gasteiger partial charge in [0.05, 0.1) is 18.2 Å². The highest BCUT2D eigenvalue weighted by Gasteiger charge is 2.57. The van der Waals surface area contributed by atoms with Crippen LogP contribution in [0.5, 0.6) is 0 Å². The van der Waals surface area contributed by atoms with Crippen LogP contribution in [0.1, 0.15) is 78.2 Å². The van der Waals surface area contributed by atoms with Gasteiger partial charge in [0.25, 0.3) is 0 Å². The molecule has 7 heteroatoms. The van der Waals surface area contributed by atoms with E-state index in [1.54, 1.807) is 0 Å². The third kappa shape index (κ3) is 7.93. The Labute approximate surface area is 239 Å². The lowest BCUT2D eigenvalue weighted by atomic mass is 9.67. The van der Waals surface area contributed by atoms with E-state index in [0.29, 0.717) is 18.0 Å². The summed E-state index contributed by atoms with van der Waals surface area (Å²) in [7, 11) is 0. The number of allylic oxidation sites excluding steroid dienone is 3. The Bertz CT molecular complexity index is 1000. The molecule has 4 N–H and O–H groups in total. The van der Waals surface area contributed by atoms with Crippen molar-refractivity contribution in [2.75, 3.05) is 26.2 Å². The van der Waals surface area contributed by atoms with Crippen molar-refractivity contribution in [3.63, 3.8) is 0 Å². The fourth-order valence-electron chi connectivity index (χ4n) is 6.24. The summed E-state index contributed by atoms with van der Waals surface area (Å²) in [4.78, 5) is 16.1. The Kier molecular flexibility index (Phi) is 11.5. The smallest absolute Gasteiger partial charge is 0.152 e. The molecule has 1 aromatic rings. The fourth-order valence-corrected chi connectivity index (χ4v) is 6.59. The Hall–Kier alpha value is -1.21. The van der Waals surface area contributed by atoms with Crippen molar-refractivity contribution in [2.24, 2.45) is 17.1 Å². The number of ketones is 1. The van der Waals surface area contributed by atoms with Gasteiger partial charge in [0.2, 0.25) is 0 Å². The van der Waals surface area contributed by atoms with Crippen LogP contribution >= 0.6 is 23.2 Å². The van der Waals surface area contributed by atoms with Crippen LogP contribution in [0.4, 0.5) is 0 Å². The summed E-state index contributed by atoms with van der Waals surface area (Å²) < 4.78 is 0. The van der Waals surface area contributed by atoms with E-state index in [4.69, 9.17) is 28.9 Å². The molecule has 5 nitrogen and oxygen atoms in total. The zero-order chi connectivity index (χ0) is 27.9. The summed E-state index contributed by atoms with van der Waals surface area (Å²) in [6.45, 7) is 11.6. The van der Waals surface area contributed by atoms with Gasteiger partial charge < -0.3 is 21.1 Å². The third-order valence-electron chi connectivity index (χ3n) is 8.05. The summed E-state index contributed by atoms with van der Waals surface area (Å²) >= 11 is 12.8. The summed E-state index contributed by atoms with van der Waals surface area (Å²) in [6.07, 6.45) is 9.93. The number of Topliss-reactive ketones (excluding diaryl/α,β-unsaturated/α-hetero) is 1. The molecule has 0 saturated carbocycles. The van der Waals surface area contributed by atoms with E-state index < -0.39 is 11.6 Å². The van der Waals surface area contributed by atoms with Crippen LogP contribution in [0, 0.1) is 11.3 Å². The van der Waals surface area contributed by atoms with E-state index in [9.17, 15) is 9.90 Å². The first-order chi connectivity index (χ1) is 18.0. The van der Waals surface area contributed by atoms with Gasteiger partial charge in [-0.15, -0.1) is 0 Å². The van der Waals surface area contributed by atoms with Crippen LogP contribution in [0.3, 0.4) is 0 Å². The zero-order valence-corrected chi connectivity index (χ0v) is 25.1. The zero-order valence-electron chi connectivity index (χ0n) is 23.6. The molecule has 1 aliphatic heterocycles. The average molecular weight is 565 g/mol. The number of carbonyl (C=O) groups excluding carboxylic acids is 1. The largest absolute Gasteiger partial charge is 0.395 e. The molecule has 4 atom stereocenters. The average Bonchev–Trinajstić information content (AvgIpc) is 3.15. The quantitative estimate of drug-likeness (QED) is 0.250. The summed E-state index contributed by atoms with van der Waals surface area (Å²) in [5.41, 5.74) is 8.77. The topological polar surface area (TPSA) is 78.6 Å². The lowest BCUT2D eigenvalue weighted by molar-refractivity contribution is -0.122. The van der Waals surface area contributed by atoms with Crippen molar-refractivity contribution in [3.8, 4) is 0 Å². The minimum absolute atomic E-state index is 0.0493. The monoisotopic (exact) mass is 563 g/mol. The van der Waals surface area contributed by atoms with Crippen LogP contribution in [0.2, 0.25) is 5.02 Å². The molecule has 1 saturated heterocycles. The Morgan fingerprint density at radius 2 is 1.92 bits per heavy atom. The number of rotatable bonds is 13. The predicted molar refractivity (Wildman–Crippen MR) is 160 cm³/mol. The number of nitrogens with zero attached hydrogens (tertiary/aromatic N) is 1. The van der Waals surface area contributed by atoms with Crippen LogP contribution in [-0.2, 0) is 10.3 Å². The van der Waals surface area contributed by atoms with Crippen LogP contribution in [-0.4, -0.2) is 54.1 Å². The number of unbranched alkanes of at least 4 members (excludes halogenated alkanes) is 2. The second-order valence-electron chi connectivity index (χ2n) is 12.2. The number of hydrogen-bond acceptors (Lipinski definition) is 5. The van der Waals surface area contributed by atoms with Crippen LogP contribution in [0.25, 0.3) is 0 Å². The van der Waals surface area contributed by atoms with Gasteiger partial charge in [0.15, 0.2) is 5.78 Å². The molecule has 1 heterocycles. The van der Waals surface area contributed by atoms with Crippen molar-refractivity contribution in [1.29, 1.82) is 0 Å². The van der Waals surface area contributed by atoms with Gasteiger partial charge in [-0.2, -0.15) is 0 Å². The van der Waals surface area contributed by atoms with Crippen LogP contribution in [0.15, 0.2) is 47.0 Å². The summed E-state index contributed by atoms with van der Waals surface area (Å²) in [5.74, 6) is 0.119. The van der Waals surface area contributed by atoms with Gasteiger partial charge in [0, 0.05) is 35.0 Å². The molecule has 0 spiro atoms. The van der Waals surface area contributed by atoms with E-state index in [2.05, 4.69) is 44.0 Å². The molecular formula is C31H47Cl2N3O2. The number of hydrogen-bond donors (Lipinski definition) is 3. The van der Waals surface area contributed by atoms with E-state index in [0.717, 1.165) is 62.2 Å². The summed E-state index contributed by atoms with van der Waals surface area (Å²) in [6, 6.07) is 7.30. The Morgan fingerprint density at radius 1 is 1.16 bits per heavy atom. The van der Waals surface area contributed by atoms with Crippen molar-refractivity contribution >= 4 is 29.0 Å². The van der Waals surface area contributed by atoms with Crippen molar-refractivity contribution < 1.29 is 9.90 Å². The highest BCUT2D eigenvalue weighted by atomic mass is 35.5. The molecule has 1 aliphatic carbocycles. The van der Waals surface area contributed by atoms with E-state index >= 15 is 0 Å². The maximum Gasteiger partial charge on any atom is 0.152 e. The van der Waals surface area contributed by atoms with Gasteiger partial charge in [0.1, 0.15) is 0 Å². The van der Waals surface area contributed by atoms with Crippen molar-refractivity contribution in [1.82, 2.24) is 10.2 Å². The normalized spacial score (nSPS) is 26.0.